The Kier molecular flexibility index (Phi) is 6.28. The number of nitrogens with zero attached hydrogens (tertiary/aromatic N) is 2. The summed E-state index contributed by atoms with van der Waals surface area (Å²) >= 11 is 0. The number of nitrogens with one attached hydrogen (secondary N) is 1. The van der Waals surface area contributed by atoms with E-state index < -0.39 is 17.5 Å². The molecule has 3 aromatic rings. The third-order valence-corrected chi connectivity index (χ3v) is 6.41. The monoisotopic (exact) mass is 459 g/mol. The van der Waals surface area contributed by atoms with Gasteiger partial charge in [-0.1, -0.05) is 37.3 Å². The first-order valence-corrected chi connectivity index (χ1v) is 11.5. The summed E-state index contributed by atoms with van der Waals surface area (Å²) < 4.78 is 7.50. The summed E-state index contributed by atoms with van der Waals surface area (Å²) in [5.41, 5.74) is 2.58. The van der Waals surface area contributed by atoms with Crippen LogP contribution in [0.15, 0.2) is 60.7 Å². The largest absolute Gasteiger partial charge is 0.494 e. The van der Waals surface area contributed by atoms with Gasteiger partial charge >= 0.3 is 6.03 Å². The normalized spacial score (nSPS) is 17.7. The molecule has 0 bridgehead atoms. The summed E-state index contributed by atoms with van der Waals surface area (Å²) in [6.07, 6.45) is 0.387. The van der Waals surface area contributed by atoms with Crippen LogP contribution in [0.4, 0.5) is 4.79 Å². The number of carbonyl (C=O) groups excluding carboxylic acids is 3. The second-order valence-corrected chi connectivity index (χ2v) is 8.42. The number of ether oxygens (including phenoxy) is 1. The van der Waals surface area contributed by atoms with Gasteiger partial charge in [-0.15, -0.1) is 0 Å². The molecule has 2 aromatic carbocycles. The van der Waals surface area contributed by atoms with Crippen LogP contribution in [0.5, 0.6) is 5.75 Å². The lowest BCUT2D eigenvalue weighted by atomic mass is 9.87. The third-order valence-electron chi connectivity index (χ3n) is 6.41. The number of rotatable bonds is 8. The van der Waals surface area contributed by atoms with Crippen LogP contribution < -0.4 is 10.1 Å². The van der Waals surface area contributed by atoms with E-state index in [4.69, 9.17) is 4.74 Å². The number of ketones is 1. The first kappa shape index (κ1) is 23.3. The van der Waals surface area contributed by atoms with Crippen LogP contribution in [0.3, 0.4) is 0 Å². The lowest BCUT2D eigenvalue weighted by Crippen LogP contribution is -2.43. The van der Waals surface area contributed by atoms with Crippen LogP contribution in [-0.4, -0.2) is 40.3 Å². The van der Waals surface area contributed by atoms with Crippen molar-refractivity contribution in [1.82, 2.24) is 14.8 Å². The van der Waals surface area contributed by atoms with Crippen molar-refractivity contribution in [3.8, 4) is 11.4 Å². The van der Waals surface area contributed by atoms with Crippen molar-refractivity contribution in [2.75, 3.05) is 13.2 Å². The van der Waals surface area contributed by atoms with Gasteiger partial charge in [0, 0.05) is 22.6 Å². The molecule has 2 heterocycles. The van der Waals surface area contributed by atoms with Gasteiger partial charge in [0.2, 0.25) is 0 Å². The van der Waals surface area contributed by atoms with Gasteiger partial charge in [-0.25, -0.2) is 4.79 Å². The number of benzene rings is 2. The van der Waals surface area contributed by atoms with Crippen molar-refractivity contribution in [2.24, 2.45) is 0 Å². The third kappa shape index (κ3) is 3.87. The maximum Gasteiger partial charge on any atom is 0.325 e. The number of amides is 3. The average Bonchev–Trinajstić information content (AvgIpc) is 3.28. The van der Waals surface area contributed by atoms with Crippen molar-refractivity contribution >= 4 is 17.7 Å². The molecule has 7 heteroatoms. The van der Waals surface area contributed by atoms with Gasteiger partial charge in [0.1, 0.15) is 11.3 Å². The van der Waals surface area contributed by atoms with Gasteiger partial charge in [0.25, 0.3) is 5.91 Å². The van der Waals surface area contributed by atoms with Crippen LogP contribution in [0.2, 0.25) is 0 Å². The number of aromatic nitrogens is 1. The number of imide groups is 1. The number of urea groups is 1. The van der Waals surface area contributed by atoms with Crippen molar-refractivity contribution < 1.29 is 19.1 Å². The van der Waals surface area contributed by atoms with E-state index in [2.05, 4.69) is 5.32 Å². The average molecular weight is 460 g/mol. The van der Waals surface area contributed by atoms with Crippen LogP contribution in [0, 0.1) is 13.8 Å². The van der Waals surface area contributed by atoms with E-state index in [1.807, 2.05) is 86.9 Å². The lowest BCUT2D eigenvalue weighted by Gasteiger charge is -2.25. The summed E-state index contributed by atoms with van der Waals surface area (Å²) in [5.74, 6) is 0.0926. The van der Waals surface area contributed by atoms with E-state index in [1.165, 1.54) is 0 Å². The Morgan fingerprint density at radius 3 is 2.29 bits per heavy atom. The van der Waals surface area contributed by atoms with E-state index >= 15 is 0 Å². The maximum atomic E-state index is 13.4. The topological polar surface area (TPSA) is 80.6 Å². The van der Waals surface area contributed by atoms with Crippen molar-refractivity contribution in [1.29, 1.82) is 0 Å². The first-order valence-electron chi connectivity index (χ1n) is 11.5. The Bertz CT molecular complexity index is 1230. The summed E-state index contributed by atoms with van der Waals surface area (Å²) in [6, 6.07) is 18.1. The number of Topliss-reactive ketones (excluding diaryl/α,β-unsaturated/α-hetero) is 1. The molecule has 4 rings (SSSR count). The highest BCUT2D eigenvalue weighted by atomic mass is 16.5. The van der Waals surface area contributed by atoms with Crippen LogP contribution in [0.1, 0.15) is 47.6 Å². The van der Waals surface area contributed by atoms with Crippen molar-refractivity contribution in [3.05, 3.63) is 83.2 Å². The highest BCUT2D eigenvalue weighted by Gasteiger charge is 2.51. The molecule has 1 aliphatic heterocycles. The minimum absolute atomic E-state index is 0.284. The molecule has 1 saturated heterocycles. The smallest absolute Gasteiger partial charge is 0.325 e. The summed E-state index contributed by atoms with van der Waals surface area (Å²) in [5, 5.41) is 2.83. The summed E-state index contributed by atoms with van der Waals surface area (Å²) in [6.45, 7) is 7.84. The lowest BCUT2D eigenvalue weighted by molar-refractivity contribution is -0.131. The number of hydrogen-bond acceptors (Lipinski definition) is 4. The van der Waals surface area contributed by atoms with E-state index in [9.17, 15) is 14.4 Å². The predicted octanol–water partition coefficient (Wildman–Crippen LogP) is 4.53. The second-order valence-electron chi connectivity index (χ2n) is 8.42. The van der Waals surface area contributed by atoms with Gasteiger partial charge in [0.15, 0.2) is 5.78 Å². The second kappa shape index (κ2) is 9.17. The Hall–Kier alpha value is -3.87. The molecule has 1 unspecified atom stereocenters. The molecule has 1 atom stereocenters. The zero-order valence-corrected chi connectivity index (χ0v) is 19.9. The van der Waals surface area contributed by atoms with Gasteiger partial charge < -0.3 is 14.6 Å². The fraction of sp³-hybridized carbons (Fsp3) is 0.296. The van der Waals surface area contributed by atoms with Crippen LogP contribution in [0.25, 0.3) is 5.69 Å². The Balaban J connectivity index is 1.59. The van der Waals surface area contributed by atoms with E-state index in [-0.39, 0.29) is 12.3 Å². The fourth-order valence-electron chi connectivity index (χ4n) is 4.66. The van der Waals surface area contributed by atoms with Gasteiger partial charge in [-0.2, -0.15) is 0 Å². The van der Waals surface area contributed by atoms with Gasteiger partial charge in [-0.05, 0) is 63.1 Å². The van der Waals surface area contributed by atoms with E-state index in [0.29, 0.717) is 24.2 Å². The Morgan fingerprint density at radius 2 is 1.68 bits per heavy atom. The van der Waals surface area contributed by atoms with E-state index in [1.54, 1.807) is 6.07 Å². The van der Waals surface area contributed by atoms with Crippen molar-refractivity contribution in [2.45, 2.75) is 39.7 Å². The van der Waals surface area contributed by atoms with Crippen LogP contribution in [-0.2, 0) is 10.3 Å². The molecule has 176 valence electrons. The molecule has 1 N–H and O–H groups in total. The molecule has 7 nitrogen and oxygen atoms in total. The predicted molar refractivity (Wildman–Crippen MR) is 129 cm³/mol. The minimum atomic E-state index is -1.15. The molecule has 1 aromatic heterocycles. The molecular formula is C27H29N3O4. The maximum absolute atomic E-state index is 13.4. The first-order chi connectivity index (χ1) is 16.3. The molecule has 1 aliphatic rings. The molecule has 3 amide bonds. The van der Waals surface area contributed by atoms with Gasteiger partial charge in [-0.3, -0.25) is 14.5 Å². The fourth-order valence-corrected chi connectivity index (χ4v) is 4.66. The number of hydrogen-bond donors (Lipinski definition) is 1. The zero-order valence-electron chi connectivity index (χ0n) is 19.9. The molecule has 0 radical (unpaired) electrons. The molecule has 1 fully saturated rings. The highest BCUT2D eigenvalue weighted by Crippen LogP contribution is 2.32. The molecule has 0 spiro atoms. The number of aryl methyl sites for hydroxylation is 1. The highest BCUT2D eigenvalue weighted by molar-refractivity contribution is 6.11. The number of carbonyl (C=O) groups is 3. The molecule has 34 heavy (non-hydrogen) atoms. The molecular weight excluding hydrogens is 430 g/mol. The van der Waals surface area contributed by atoms with Gasteiger partial charge in [0.05, 0.1) is 13.2 Å². The zero-order chi connectivity index (χ0) is 24.5. The standard InChI is InChI=1S/C27H29N3O4/c1-5-27(20-10-8-7-9-11-20)25(32)29(26(33)28-27)17-24(31)23-16-18(3)30(19(23)4)21-12-14-22(15-13-21)34-6-2/h7-16H,5-6,17H2,1-4H3,(H,28,33). The van der Waals surface area contributed by atoms with E-state index in [0.717, 1.165) is 27.7 Å². The quantitative estimate of drug-likeness (QED) is 0.396. The van der Waals surface area contributed by atoms with Crippen LogP contribution >= 0.6 is 0 Å². The SMILES string of the molecule is CCOc1ccc(-n2c(C)cc(C(=O)CN3C(=O)NC(CC)(c4ccccc4)C3=O)c2C)cc1. The summed E-state index contributed by atoms with van der Waals surface area (Å²) in [7, 11) is 0. The minimum Gasteiger partial charge on any atom is -0.494 e. The Morgan fingerprint density at radius 1 is 1.00 bits per heavy atom. The molecule has 0 saturated carbocycles. The Labute approximate surface area is 199 Å². The van der Waals surface area contributed by atoms with Crippen molar-refractivity contribution in [3.63, 3.8) is 0 Å². The summed E-state index contributed by atoms with van der Waals surface area (Å²) in [4.78, 5) is 40.5. The molecule has 0 aliphatic carbocycles.